The normalized spacial score (nSPS) is 18.8. The van der Waals surface area contributed by atoms with Gasteiger partial charge in [-0.1, -0.05) is 0 Å². The fraction of sp³-hybridized carbons (Fsp3) is 0.615. The van der Waals surface area contributed by atoms with Crippen molar-refractivity contribution in [3.05, 3.63) is 36.0 Å². The summed E-state index contributed by atoms with van der Waals surface area (Å²) in [5.41, 5.74) is 1.19. The van der Waals surface area contributed by atoms with Crippen LogP contribution in [0.4, 0.5) is 18.0 Å². The number of halogens is 3. The van der Waals surface area contributed by atoms with Gasteiger partial charge in [-0.2, -0.15) is 0 Å². The van der Waals surface area contributed by atoms with E-state index >= 15 is 0 Å². The number of benzene rings is 1. The zero-order valence-corrected chi connectivity index (χ0v) is 21.2. The molecule has 1 saturated heterocycles. The first-order valence-electron chi connectivity index (χ1n) is 12.4. The van der Waals surface area contributed by atoms with E-state index in [4.69, 9.17) is 9.47 Å². The highest BCUT2D eigenvalue weighted by Crippen LogP contribution is 2.45. The summed E-state index contributed by atoms with van der Waals surface area (Å²) in [5, 5.41) is 4.51. The van der Waals surface area contributed by atoms with Crippen LogP contribution in [0.1, 0.15) is 65.0 Å². The molecule has 4 rings (SSSR count). The Morgan fingerprint density at radius 3 is 2.19 bits per heavy atom. The molecule has 2 fully saturated rings. The predicted molar refractivity (Wildman–Crippen MR) is 127 cm³/mol. The number of hydrogen-bond acceptors (Lipinski definition) is 5. The van der Waals surface area contributed by atoms with Gasteiger partial charge in [-0.3, -0.25) is 0 Å². The Balaban J connectivity index is 1.29. The molecule has 1 aromatic carbocycles. The largest absolute Gasteiger partial charge is 0.573 e. The molecule has 2 aromatic rings. The van der Waals surface area contributed by atoms with Crippen molar-refractivity contribution in [2.45, 2.75) is 84.3 Å². The number of piperidine rings is 1. The van der Waals surface area contributed by atoms with Gasteiger partial charge in [0, 0.05) is 24.8 Å². The molecule has 1 spiro atoms. The third-order valence-electron chi connectivity index (χ3n) is 6.94. The van der Waals surface area contributed by atoms with Crippen LogP contribution in [-0.4, -0.2) is 51.9 Å². The van der Waals surface area contributed by atoms with E-state index in [9.17, 15) is 18.0 Å². The quantitative estimate of drug-likeness (QED) is 0.476. The van der Waals surface area contributed by atoms with Crippen molar-refractivity contribution in [2.75, 3.05) is 13.1 Å². The number of carbonyl (C=O) groups is 1. The average molecular weight is 510 g/mol. The van der Waals surface area contributed by atoms with Gasteiger partial charge in [0.1, 0.15) is 17.5 Å². The van der Waals surface area contributed by atoms with Crippen molar-refractivity contribution < 1.29 is 32.2 Å². The van der Waals surface area contributed by atoms with Crippen LogP contribution in [0.5, 0.6) is 11.6 Å². The molecule has 0 radical (unpaired) electrons. The molecule has 1 aliphatic heterocycles. The molecule has 0 atom stereocenters. The molecule has 36 heavy (non-hydrogen) atoms. The Morgan fingerprint density at radius 2 is 1.64 bits per heavy atom. The molecule has 1 aromatic heterocycles. The molecule has 10 heteroatoms. The van der Waals surface area contributed by atoms with Gasteiger partial charge in [0.2, 0.25) is 5.88 Å². The van der Waals surface area contributed by atoms with E-state index in [1.54, 1.807) is 4.68 Å². The Kier molecular flexibility index (Phi) is 7.16. The van der Waals surface area contributed by atoms with Crippen molar-refractivity contribution in [2.24, 2.45) is 5.41 Å². The predicted octanol–water partition coefficient (Wildman–Crippen LogP) is 6.42. The van der Waals surface area contributed by atoms with Gasteiger partial charge < -0.3 is 19.1 Å². The fourth-order valence-electron chi connectivity index (χ4n) is 5.04. The number of carbonyl (C=O) groups excluding carboxylic acids is 1. The van der Waals surface area contributed by atoms with Crippen LogP contribution < -0.4 is 9.47 Å². The second kappa shape index (κ2) is 9.86. The van der Waals surface area contributed by atoms with E-state index in [1.807, 2.05) is 38.7 Å². The van der Waals surface area contributed by atoms with Crippen molar-refractivity contribution in [3.63, 3.8) is 0 Å². The second-order valence-electron chi connectivity index (χ2n) is 10.9. The SMILES string of the molecule is Cc1cc(OC2CCC3(CC2)CCN(C(=O)OC(C)(C)C)CC3)nn1-c1ccc(OC(F)(F)F)cc1. The Bertz CT molecular complexity index is 1040. The van der Waals surface area contributed by atoms with Gasteiger partial charge in [0.25, 0.3) is 0 Å². The first-order valence-corrected chi connectivity index (χ1v) is 12.4. The lowest BCUT2D eigenvalue weighted by atomic mass is 9.67. The first-order chi connectivity index (χ1) is 16.8. The highest BCUT2D eigenvalue weighted by atomic mass is 19.4. The maximum absolute atomic E-state index is 12.4. The number of amides is 1. The van der Waals surface area contributed by atoms with Crippen LogP contribution in [0, 0.1) is 12.3 Å². The lowest BCUT2D eigenvalue weighted by Crippen LogP contribution is -2.46. The molecule has 1 amide bonds. The molecule has 2 heterocycles. The summed E-state index contributed by atoms with van der Waals surface area (Å²) in [7, 11) is 0. The number of nitrogens with zero attached hydrogens (tertiary/aromatic N) is 3. The van der Waals surface area contributed by atoms with E-state index in [0.29, 0.717) is 11.6 Å². The van der Waals surface area contributed by atoms with Crippen LogP contribution in [0.15, 0.2) is 30.3 Å². The number of ether oxygens (including phenoxy) is 3. The molecule has 1 saturated carbocycles. The van der Waals surface area contributed by atoms with E-state index in [2.05, 4.69) is 9.84 Å². The standard InChI is InChI=1S/C26H34F3N3O4/c1-18-17-22(30-32(18)19-5-7-21(8-6-19)35-26(27,28)29)34-20-9-11-25(12-10-20)13-15-31(16-14-25)23(33)36-24(2,3)4/h5-8,17,20H,9-16H2,1-4H3. The minimum atomic E-state index is -4.72. The van der Waals surface area contributed by atoms with E-state index in [1.165, 1.54) is 24.3 Å². The molecule has 2 aliphatic rings. The van der Waals surface area contributed by atoms with Gasteiger partial charge >= 0.3 is 12.5 Å². The Hall–Kier alpha value is -2.91. The third-order valence-corrected chi connectivity index (χ3v) is 6.94. The van der Waals surface area contributed by atoms with Gasteiger partial charge in [-0.05, 0) is 95.9 Å². The second-order valence-corrected chi connectivity index (χ2v) is 10.9. The van der Waals surface area contributed by atoms with Crippen molar-refractivity contribution in [3.8, 4) is 17.3 Å². The van der Waals surface area contributed by atoms with Gasteiger partial charge in [-0.25, -0.2) is 9.48 Å². The fourth-order valence-corrected chi connectivity index (χ4v) is 5.04. The van der Waals surface area contributed by atoms with Crippen LogP contribution in [-0.2, 0) is 4.74 Å². The minimum Gasteiger partial charge on any atom is -0.473 e. The molecule has 7 nitrogen and oxygen atoms in total. The van der Waals surface area contributed by atoms with Crippen molar-refractivity contribution >= 4 is 6.09 Å². The number of hydrogen-bond donors (Lipinski definition) is 0. The maximum atomic E-state index is 12.4. The van der Waals surface area contributed by atoms with Gasteiger partial charge in [0.15, 0.2) is 0 Å². The topological polar surface area (TPSA) is 65.8 Å². The monoisotopic (exact) mass is 509 g/mol. The first kappa shape index (κ1) is 26.2. The lowest BCUT2D eigenvalue weighted by Gasteiger charge is -2.45. The maximum Gasteiger partial charge on any atom is 0.573 e. The molecule has 198 valence electrons. The van der Waals surface area contributed by atoms with E-state index < -0.39 is 12.0 Å². The molecular formula is C26H34F3N3O4. The van der Waals surface area contributed by atoms with Crippen LogP contribution in [0.25, 0.3) is 5.69 Å². The third kappa shape index (κ3) is 6.64. The molecule has 0 unspecified atom stereocenters. The highest BCUT2D eigenvalue weighted by Gasteiger charge is 2.40. The van der Waals surface area contributed by atoms with Crippen molar-refractivity contribution in [1.82, 2.24) is 14.7 Å². The van der Waals surface area contributed by atoms with E-state index in [0.717, 1.165) is 57.3 Å². The number of aromatic nitrogens is 2. The van der Waals surface area contributed by atoms with Gasteiger partial charge in [0.05, 0.1) is 5.69 Å². The smallest absolute Gasteiger partial charge is 0.473 e. The number of alkyl halides is 3. The van der Waals surface area contributed by atoms with Crippen LogP contribution in [0.2, 0.25) is 0 Å². The summed E-state index contributed by atoms with van der Waals surface area (Å²) in [5.74, 6) is 0.226. The summed E-state index contributed by atoms with van der Waals surface area (Å²) in [4.78, 5) is 14.2. The number of aryl methyl sites for hydroxylation is 1. The molecular weight excluding hydrogens is 475 g/mol. The Morgan fingerprint density at radius 1 is 1.03 bits per heavy atom. The molecule has 0 bridgehead atoms. The van der Waals surface area contributed by atoms with E-state index in [-0.39, 0.29) is 23.4 Å². The van der Waals surface area contributed by atoms with Crippen molar-refractivity contribution in [1.29, 1.82) is 0 Å². The summed E-state index contributed by atoms with van der Waals surface area (Å²) in [6, 6.07) is 7.42. The summed E-state index contributed by atoms with van der Waals surface area (Å²) in [6.07, 6.45) is 0.969. The summed E-state index contributed by atoms with van der Waals surface area (Å²) >= 11 is 0. The van der Waals surface area contributed by atoms with Crippen LogP contribution in [0.3, 0.4) is 0 Å². The van der Waals surface area contributed by atoms with Gasteiger partial charge in [-0.15, -0.1) is 18.3 Å². The Labute approximate surface area is 209 Å². The zero-order chi connectivity index (χ0) is 26.1. The number of rotatable bonds is 4. The zero-order valence-electron chi connectivity index (χ0n) is 21.2. The number of likely N-dealkylation sites (tertiary alicyclic amines) is 1. The summed E-state index contributed by atoms with van der Waals surface area (Å²) in [6.45, 7) is 8.95. The summed E-state index contributed by atoms with van der Waals surface area (Å²) < 4.78 is 54.5. The molecule has 1 aliphatic carbocycles. The minimum absolute atomic E-state index is 0.0600. The van der Waals surface area contributed by atoms with Crippen LogP contribution >= 0.6 is 0 Å². The molecule has 0 N–H and O–H groups in total. The lowest BCUT2D eigenvalue weighted by molar-refractivity contribution is -0.274. The average Bonchev–Trinajstić information content (AvgIpc) is 3.14. The highest BCUT2D eigenvalue weighted by molar-refractivity contribution is 5.68.